The molecule has 1 amide bonds. The third-order valence-electron chi connectivity index (χ3n) is 3.51. The van der Waals surface area contributed by atoms with Crippen LogP contribution in [0, 0.1) is 11.7 Å². The molecular formula is C17H20BrN5O4S. The molecule has 11 heteroatoms. The quantitative estimate of drug-likeness (QED) is 0.492. The number of aryl methyl sites for hydroxylation is 1. The van der Waals surface area contributed by atoms with Crippen LogP contribution in [-0.2, 0) is 4.79 Å². The first kappa shape index (κ1) is 21.8. The molecule has 0 unspecified atom stereocenters. The lowest BCUT2D eigenvalue weighted by Gasteiger charge is -2.16. The highest BCUT2D eigenvalue weighted by molar-refractivity contribution is 9.10. The van der Waals surface area contributed by atoms with Crippen LogP contribution in [0.1, 0.15) is 18.2 Å². The van der Waals surface area contributed by atoms with Crippen molar-refractivity contribution in [3.8, 4) is 11.5 Å². The average Bonchev–Trinajstić information content (AvgIpc) is 2.64. The first-order chi connectivity index (χ1) is 13.2. The number of halogens is 1. The monoisotopic (exact) mass is 469 g/mol. The van der Waals surface area contributed by atoms with Gasteiger partial charge < -0.3 is 14.4 Å². The predicted molar refractivity (Wildman–Crippen MR) is 111 cm³/mol. The van der Waals surface area contributed by atoms with Crippen molar-refractivity contribution in [1.29, 1.82) is 0 Å². The summed E-state index contributed by atoms with van der Waals surface area (Å²) in [5.41, 5.74) is 0.472. The van der Waals surface area contributed by atoms with E-state index in [0.717, 1.165) is 4.68 Å². The third kappa shape index (κ3) is 5.26. The fourth-order valence-corrected chi connectivity index (χ4v) is 2.78. The summed E-state index contributed by atoms with van der Waals surface area (Å²) < 4.78 is 13.0. The van der Waals surface area contributed by atoms with E-state index in [9.17, 15) is 9.59 Å². The summed E-state index contributed by atoms with van der Waals surface area (Å²) >= 11 is 8.47. The van der Waals surface area contributed by atoms with Crippen LogP contribution in [0.5, 0.6) is 11.5 Å². The van der Waals surface area contributed by atoms with E-state index in [1.165, 1.54) is 11.1 Å². The van der Waals surface area contributed by atoms with Gasteiger partial charge in [-0.25, -0.2) is 0 Å². The molecule has 0 spiro atoms. The van der Waals surface area contributed by atoms with E-state index in [4.69, 9.17) is 21.7 Å². The largest absolute Gasteiger partial charge is 0.490 e. The number of rotatable bonds is 7. The van der Waals surface area contributed by atoms with Gasteiger partial charge in [0.2, 0.25) is 4.77 Å². The van der Waals surface area contributed by atoms with Gasteiger partial charge in [-0.2, -0.15) is 14.9 Å². The van der Waals surface area contributed by atoms with Gasteiger partial charge in [-0.05, 0) is 59.7 Å². The number of carbonyl (C=O) groups excluding carboxylic acids is 1. The standard InChI is InChI=1S/C17H20BrN5O4S/c1-5-26-13-7-11(6-12(18)15(13)27-9-14(24)22(3)4)8-19-23-16(25)10(2)20-21-17(23)28/h6-8H,5,9H2,1-4H3,(H,21,28). The van der Waals surface area contributed by atoms with Gasteiger partial charge in [0, 0.05) is 14.1 Å². The summed E-state index contributed by atoms with van der Waals surface area (Å²) in [5, 5.41) is 10.5. The number of likely N-dealkylation sites (N-methyl/N-ethyl adjacent to an activating group) is 1. The van der Waals surface area contributed by atoms with Crippen LogP contribution in [0.3, 0.4) is 0 Å². The smallest absolute Gasteiger partial charge is 0.296 e. The number of hydrogen-bond donors (Lipinski definition) is 1. The molecule has 2 aromatic rings. The van der Waals surface area contributed by atoms with Gasteiger partial charge >= 0.3 is 0 Å². The lowest BCUT2D eigenvalue weighted by atomic mass is 10.2. The zero-order valence-electron chi connectivity index (χ0n) is 15.9. The van der Waals surface area contributed by atoms with Crippen LogP contribution in [0.15, 0.2) is 26.5 Å². The van der Waals surface area contributed by atoms with E-state index in [-0.39, 0.29) is 23.0 Å². The number of benzene rings is 1. The molecule has 1 aromatic heterocycles. The number of aromatic nitrogens is 3. The molecule has 0 aliphatic rings. The summed E-state index contributed by atoms with van der Waals surface area (Å²) in [5.74, 6) is 0.665. The Bertz CT molecular complexity index is 1020. The maximum Gasteiger partial charge on any atom is 0.296 e. The number of aromatic amines is 1. The van der Waals surface area contributed by atoms with E-state index in [1.54, 1.807) is 33.2 Å². The van der Waals surface area contributed by atoms with E-state index >= 15 is 0 Å². The maximum absolute atomic E-state index is 12.1. The van der Waals surface area contributed by atoms with Crippen LogP contribution in [-0.4, -0.2) is 59.2 Å². The van der Waals surface area contributed by atoms with Crippen molar-refractivity contribution < 1.29 is 14.3 Å². The minimum atomic E-state index is -0.411. The van der Waals surface area contributed by atoms with Crippen molar-refractivity contribution in [3.63, 3.8) is 0 Å². The van der Waals surface area contributed by atoms with Gasteiger partial charge in [-0.3, -0.25) is 14.7 Å². The van der Waals surface area contributed by atoms with Crippen molar-refractivity contribution in [3.05, 3.63) is 43.0 Å². The van der Waals surface area contributed by atoms with Gasteiger partial charge in [0.25, 0.3) is 11.5 Å². The van der Waals surface area contributed by atoms with Crippen LogP contribution < -0.4 is 15.0 Å². The summed E-state index contributed by atoms with van der Waals surface area (Å²) in [6.45, 7) is 3.67. The second kappa shape index (κ2) is 9.60. The predicted octanol–water partition coefficient (Wildman–Crippen LogP) is 2.12. The highest BCUT2D eigenvalue weighted by Crippen LogP contribution is 2.36. The highest BCUT2D eigenvalue weighted by Gasteiger charge is 2.14. The SMILES string of the molecule is CCOc1cc(C=Nn2c(=S)[nH]nc(C)c2=O)cc(Br)c1OCC(=O)N(C)C. The van der Waals surface area contributed by atoms with Crippen molar-refractivity contribution in [2.45, 2.75) is 13.8 Å². The number of ether oxygens (including phenoxy) is 2. The van der Waals surface area contributed by atoms with Crippen LogP contribution in [0.2, 0.25) is 0 Å². The Labute approximate surface area is 175 Å². The normalized spacial score (nSPS) is 10.9. The van der Waals surface area contributed by atoms with E-state index < -0.39 is 5.56 Å². The lowest BCUT2D eigenvalue weighted by molar-refractivity contribution is -0.130. The molecule has 2 rings (SSSR count). The molecule has 0 radical (unpaired) electrons. The number of amides is 1. The zero-order valence-corrected chi connectivity index (χ0v) is 18.3. The Morgan fingerprint density at radius 2 is 2.14 bits per heavy atom. The Kier molecular flexibility index (Phi) is 7.46. The summed E-state index contributed by atoms with van der Waals surface area (Å²) in [6, 6.07) is 3.42. The molecule has 0 atom stereocenters. The Hall–Kier alpha value is -2.53. The zero-order chi connectivity index (χ0) is 20.8. The number of nitrogens with one attached hydrogen (secondary N) is 1. The maximum atomic E-state index is 12.1. The van der Waals surface area contributed by atoms with E-state index in [1.807, 2.05) is 6.92 Å². The summed E-state index contributed by atoms with van der Waals surface area (Å²) in [6.07, 6.45) is 1.46. The summed E-state index contributed by atoms with van der Waals surface area (Å²) in [4.78, 5) is 25.3. The molecule has 1 N–H and O–H groups in total. The van der Waals surface area contributed by atoms with Gasteiger partial charge in [-0.15, -0.1) is 0 Å². The van der Waals surface area contributed by atoms with Gasteiger partial charge in [-0.1, -0.05) is 0 Å². The minimum Gasteiger partial charge on any atom is -0.490 e. The fourth-order valence-electron chi connectivity index (χ4n) is 2.03. The highest BCUT2D eigenvalue weighted by atomic mass is 79.9. The first-order valence-corrected chi connectivity index (χ1v) is 9.46. The molecule has 150 valence electrons. The number of carbonyl (C=O) groups is 1. The van der Waals surface area contributed by atoms with E-state index in [2.05, 4.69) is 31.2 Å². The molecule has 0 fully saturated rings. The van der Waals surface area contributed by atoms with Crippen LogP contribution in [0.25, 0.3) is 0 Å². The molecule has 1 aromatic carbocycles. The molecule has 1 heterocycles. The van der Waals surface area contributed by atoms with Gasteiger partial charge in [0.05, 0.1) is 17.3 Å². The van der Waals surface area contributed by atoms with Gasteiger partial charge in [0.15, 0.2) is 18.1 Å². The fraction of sp³-hybridized carbons (Fsp3) is 0.353. The molecule has 0 bridgehead atoms. The summed E-state index contributed by atoms with van der Waals surface area (Å²) in [7, 11) is 3.30. The molecule has 0 saturated heterocycles. The topological polar surface area (TPSA) is 102 Å². The second-order valence-electron chi connectivity index (χ2n) is 5.82. The molecule has 0 aliphatic carbocycles. The number of H-pyrrole nitrogens is 1. The Balaban J connectivity index is 2.37. The number of hydrogen-bond acceptors (Lipinski definition) is 7. The number of nitrogens with zero attached hydrogens (tertiary/aromatic N) is 4. The molecule has 9 nitrogen and oxygen atoms in total. The van der Waals surface area contributed by atoms with Crippen molar-refractivity contribution in [2.75, 3.05) is 27.3 Å². The molecule has 0 aliphatic heterocycles. The van der Waals surface area contributed by atoms with E-state index in [0.29, 0.717) is 28.1 Å². The third-order valence-corrected chi connectivity index (χ3v) is 4.36. The van der Waals surface area contributed by atoms with Gasteiger partial charge in [0.1, 0.15) is 5.69 Å². The van der Waals surface area contributed by atoms with Crippen LogP contribution in [0.4, 0.5) is 0 Å². The molecule has 0 saturated carbocycles. The van der Waals surface area contributed by atoms with Crippen molar-refractivity contribution in [1.82, 2.24) is 19.8 Å². The first-order valence-electron chi connectivity index (χ1n) is 8.26. The molecule has 28 heavy (non-hydrogen) atoms. The van der Waals surface area contributed by atoms with Crippen molar-refractivity contribution >= 4 is 40.3 Å². The average molecular weight is 470 g/mol. The lowest BCUT2D eigenvalue weighted by Crippen LogP contribution is -2.27. The minimum absolute atomic E-state index is 0.0816. The second-order valence-corrected chi connectivity index (χ2v) is 7.06. The molecular weight excluding hydrogens is 450 g/mol. The van der Waals surface area contributed by atoms with Crippen molar-refractivity contribution in [2.24, 2.45) is 5.10 Å². The Morgan fingerprint density at radius 3 is 2.79 bits per heavy atom. The Morgan fingerprint density at radius 1 is 1.43 bits per heavy atom. The van der Waals surface area contributed by atoms with Crippen LogP contribution >= 0.6 is 28.1 Å².